The van der Waals surface area contributed by atoms with Gasteiger partial charge in [0.15, 0.2) is 0 Å². The van der Waals surface area contributed by atoms with Gasteiger partial charge >= 0.3 is 101 Å². The predicted molar refractivity (Wildman–Crippen MR) is 211 cm³/mol. The van der Waals surface area contributed by atoms with Gasteiger partial charge in [-0.3, -0.25) is 0 Å². The molecule has 0 saturated heterocycles. The molecule has 2 aromatic rings. The van der Waals surface area contributed by atoms with Crippen LogP contribution in [0.2, 0.25) is 72.5 Å². The summed E-state index contributed by atoms with van der Waals surface area (Å²) >= 11 is 4.22. The second-order valence-corrected chi connectivity index (χ2v) is 32.6. The molecule has 0 saturated carbocycles. The Kier molecular flexibility index (Phi) is 23.7. The van der Waals surface area contributed by atoms with Crippen LogP contribution < -0.4 is 8.79 Å². The number of hydrogen-bond acceptors (Lipinski definition) is 0. The fourth-order valence-electron chi connectivity index (χ4n) is 1.33. The van der Waals surface area contributed by atoms with Crippen molar-refractivity contribution in [1.82, 2.24) is 0 Å². The van der Waals surface area contributed by atoms with E-state index in [1.807, 2.05) is 0 Å². The molecule has 0 spiro atoms. The van der Waals surface area contributed by atoms with E-state index in [-0.39, 0.29) is 35.2 Å². The summed E-state index contributed by atoms with van der Waals surface area (Å²) in [5.41, 5.74) is 2.58. The van der Waals surface area contributed by atoms with Crippen LogP contribution in [0, 0.1) is 0 Å². The third-order valence-electron chi connectivity index (χ3n) is 8.10. The maximum atomic E-state index is 2.35. The van der Waals surface area contributed by atoms with Gasteiger partial charge in [-0.2, -0.15) is 0 Å². The summed E-state index contributed by atoms with van der Waals surface area (Å²) in [5, 5.41) is 2.41. The summed E-state index contributed by atoms with van der Waals surface area (Å²) in [6, 6.07) is 17.3. The van der Waals surface area contributed by atoms with Crippen molar-refractivity contribution in [1.29, 1.82) is 0 Å². The number of hydrogen-bond donors (Lipinski definition) is 0. The molecule has 0 aliphatic heterocycles. The molecule has 0 amide bonds. The molecule has 0 bridgehead atoms. The van der Waals surface area contributed by atoms with E-state index in [0.29, 0.717) is 20.2 Å². The van der Waals surface area contributed by atoms with Crippen molar-refractivity contribution < 1.29 is 0 Å². The van der Waals surface area contributed by atoms with E-state index in [0.717, 1.165) is 0 Å². The second kappa shape index (κ2) is 21.2. The van der Waals surface area contributed by atoms with Crippen LogP contribution in [0.1, 0.15) is 83.1 Å². The molecule has 0 aliphatic carbocycles. The summed E-state index contributed by atoms with van der Waals surface area (Å²) in [7, 11) is -0.201. The Morgan fingerprint density at radius 1 is 0.333 bits per heavy atom. The summed E-state index contributed by atoms with van der Waals surface area (Å²) < 4.78 is 2.61. The van der Waals surface area contributed by atoms with Gasteiger partial charge in [-0.05, 0) is 20.2 Å². The standard InChI is InChI=1S/C12H8Ge2.4C6H15Si/c13-11-5-1-9(2-6-11)10-3-7-12(14)8-4-10;4*1-6(2,3)7(4)5/h1-8H;4*1-5H3. The van der Waals surface area contributed by atoms with E-state index >= 15 is 0 Å². The molecule has 0 atom stereocenters. The summed E-state index contributed by atoms with van der Waals surface area (Å²) in [5.74, 6) is 0. The molecule has 0 heterocycles. The molecule has 0 aromatic heterocycles. The Morgan fingerprint density at radius 2 is 0.452 bits per heavy atom. The Hall–Kier alpha value is 0.393. The van der Waals surface area contributed by atoms with Gasteiger partial charge in [-0.15, -0.1) is 0 Å². The van der Waals surface area contributed by atoms with Gasteiger partial charge in [0, 0.05) is 35.2 Å². The molecule has 10 radical (unpaired) electrons. The van der Waals surface area contributed by atoms with Crippen LogP contribution in [-0.4, -0.2) is 68.2 Å². The molecule has 236 valence electrons. The third-order valence-corrected chi connectivity index (χ3v) is 21.5. The van der Waals surface area contributed by atoms with E-state index in [1.165, 1.54) is 19.9 Å². The Labute approximate surface area is 290 Å². The fourth-order valence-corrected chi connectivity index (χ4v) is 2.02. The minimum atomic E-state index is -0.0502. The molecular weight excluding hydrogens is 690 g/mol. The average molecular weight is 759 g/mol. The van der Waals surface area contributed by atoms with E-state index in [2.05, 4.69) is 217 Å². The van der Waals surface area contributed by atoms with Crippen molar-refractivity contribution in [2.24, 2.45) is 0 Å². The van der Waals surface area contributed by atoms with Crippen LogP contribution in [-0.2, 0) is 0 Å². The van der Waals surface area contributed by atoms with E-state index in [4.69, 9.17) is 0 Å². The van der Waals surface area contributed by atoms with Crippen molar-refractivity contribution in [3.05, 3.63) is 48.5 Å². The molecule has 42 heavy (non-hydrogen) atoms. The van der Waals surface area contributed by atoms with Gasteiger partial charge in [-0.25, -0.2) is 0 Å². The zero-order valence-corrected chi connectivity index (χ0v) is 39.8. The van der Waals surface area contributed by atoms with Gasteiger partial charge in [0.25, 0.3) is 0 Å². The molecule has 0 fully saturated rings. The molecular formula is C36H68Ge2Si4. The normalized spacial score (nSPS) is 12.0. The molecule has 0 unspecified atom stereocenters. The van der Waals surface area contributed by atoms with Crippen LogP contribution >= 0.6 is 0 Å². The third kappa shape index (κ3) is 26.8. The molecule has 2 aromatic carbocycles. The van der Waals surface area contributed by atoms with Crippen LogP contribution in [0.5, 0.6) is 0 Å². The molecule has 0 N–H and O–H groups in total. The van der Waals surface area contributed by atoms with Crippen molar-refractivity contribution in [3.8, 4) is 11.1 Å². The van der Waals surface area contributed by atoms with Crippen LogP contribution in [0.15, 0.2) is 48.5 Å². The van der Waals surface area contributed by atoms with Crippen LogP contribution in [0.4, 0.5) is 0 Å². The van der Waals surface area contributed by atoms with Gasteiger partial charge in [0.2, 0.25) is 0 Å². The Balaban J connectivity index is -0.000000476. The zero-order chi connectivity index (χ0) is 34.3. The van der Waals surface area contributed by atoms with Crippen molar-refractivity contribution in [2.75, 3.05) is 0 Å². The minimum absolute atomic E-state index is 0.0502. The maximum absolute atomic E-state index is 2.35. The summed E-state index contributed by atoms with van der Waals surface area (Å²) in [6.07, 6.45) is 0. The van der Waals surface area contributed by atoms with Gasteiger partial charge in [0.1, 0.15) is 0 Å². The fraction of sp³-hybridized carbons (Fsp3) is 0.667. The van der Waals surface area contributed by atoms with E-state index < -0.39 is 0 Å². The summed E-state index contributed by atoms with van der Waals surface area (Å²) in [4.78, 5) is 0. The zero-order valence-electron chi connectivity index (χ0n) is 31.6. The van der Waals surface area contributed by atoms with Crippen molar-refractivity contribution >= 4 is 77.0 Å². The SMILES string of the molecule is C[Si](C)C(C)(C)C.C[Si](C)C(C)(C)C.C[Si](C)C(C)(C)C.C[Si](C)C(C)(C)C.[Ge][c]1ccc(-c2cc[c]([Ge])cc2)cc1. The first kappa shape index (κ1) is 46.8. The van der Waals surface area contributed by atoms with E-state index in [9.17, 15) is 0 Å². The number of benzene rings is 2. The number of rotatable bonds is 1. The summed E-state index contributed by atoms with van der Waals surface area (Å²) in [6.45, 7) is 46.5. The van der Waals surface area contributed by atoms with E-state index in [1.54, 1.807) is 0 Å². The second-order valence-electron chi connectivity index (χ2n) is 16.2. The molecule has 0 nitrogen and oxygen atoms in total. The Morgan fingerprint density at radius 3 is 0.548 bits per heavy atom. The topological polar surface area (TPSA) is 0 Å². The quantitative estimate of drug-likeness (QED) is 0.254. The molecule has 0 aliphatic rings. The Bertz CT molecular complexity index is 806. The first-order chi connectivity index (χ1) is 18.5. The van der Waals surface area contributed by atoms with Crippen molar-refractivity contribution in [2.45, 2.75) is 156 Å². The average Bonchev–Trinajstić information content (AvgIpc) is 2.79. The predicted octanol–water partition coefficient (Wildman–Crippen LogP) is 11.1. The van der Waals surface area contributed by atoms with Gasteiger partial charge in [0.05, 0.1) is 0 Å². The van der Waals surface area contributed by atoms with Crippen LogP contribution in [0.3, 0.4) is 0 Å². The van der Waals surface area contributed by atoms with Crippen molar-refractivity contribution in [3.63, 3.8) is 0 Å². The van der Waals surface area contributed by atoms with Crippen LogP contribution in [0.25, 0.3) is 11.1 Å². The van der Waals surface area contributed by atoms with Gasteiger partial charge in [-0.1, -0.05) is 135 Å². The first-order valence-corrected chi connectivity index (χ1v) is 27.5. The first-order valence-electron chi connectivity index (χ1n) is 15.4. The monoisotopic (exact) mass is 760 g/mol. The van der Waals surface area contributed by atoms with Gasteiger partial charge < -0.3 is 0 Å². The molecule has 6 heteroatoms. The molecule has 2 rings (SSSR count).